The molecule has 1 aromatic heterocycles. The van der Waals surface area contributed by atoms with Crippen LogP contribution in [-0.2, 0) is 4.79 Å². The molecule has 0 saturated carbocycles. The second-order valence-corrected chi connectivity index (χ2v) is 6.81. The summed E-state index contributed by atoms with van der Waals surface area (Å²) >= 11 is 7.04. The Kier molecular flexibility index (Phi) is 5.82. The van der Waals surface area contributed by atoms with E-state index in [2.05, 4.69) is 15.3 Å². The van der Waals surface area contributed by atoms with E-state index in [9.17, 15) is 14.9 Å². The number of ether oxygens (including phenoxy) is 1. The van der Waals surface area contributed by atoms with Gasteiger partial charge in [0.15, 0.2) is 5.16 Å². The zero-order valence-corrected chi connectivity index (χ0v) is 15.8. The van der Waals surface area contributed by atoms with Crippen molar-refractivity contribution in [3.05, 3.63) is 51.5 Å². The van der Waals surface area contributed by atoms with Gasteiger partial charge in [-0.2, -0.15) is 0 Å². The normalized spacial score (nSPS) is 10.7. The highest BCUT2D eigenvalue weighted by Gasteiger charge is 2.17. The van der Waals surface area contributed by atoms with Crippen molar-refractivity contribution in [3.63, 3.8) is 0 Å². The SMILES string of the molecule is CCOc1ccc2nc(SCC(=O)Nc3cc(Cl)ccc3[N+](=O)[O-])[nH]c2c1. The number of anilines is 1. The van der Waals surface area contributed by atoms with Crippen molar-refractivity contribution in [2.24, 2.45) is 0 Å². The highest BCUT2D eigenvalue weighted by Crippen LogP contribution is 2.28. The highest BCUT2D eigenvalue weighted by molar-refractivity contribution is 7.99. The Bertz CT molecular complexity index is 1010. The monoisotopic (exact) mass is 406 g/mol. The Morgan fingerprint density at radius 2 is 2.19 bits per heavy atom. The predicted octanol–water partition coefficient (Wildman–Crippen LogP) is 4.25. The van der Waals surface area contributed by atoms with Crippen LogP contribution in [0.2, 0.25) is 5.02 Å². The third-order valence-electron chi connectivity index (χ3n) is 3.51. The summed E-state index contributed by atoms with van der Waals surface area (Å²) in [5.41, 5.74) is 1.40. The van der Waals surface area contributed by atoms with Crippen molar-refractivity contribution in [2.75, 3.05) is 17.7 Å². The van der Waals surface area contributed by atoms with E-state index in [1.807, 2.05) is 25.1 Å². The fraction of sp³-hybridized carbons (Fsp3) is 0.176. The standard InChI is InChI=1S/C17H15ClN4O4S/c1-2-26-11-4-5-12-13(8-11)21-17(20-12)27-9-16(23)19-14-7-10(18)3-6-15(14)22(24)25/h3-8H,2,9H2,1H3,(H,19,23)(H,20,21). The summed E-state index contributed by atoms with van der Waals surface area (Å²) in [6, 6.07) is 9.49. The van der Waals surface area contributed by atoms with E-state index in [-0.39, 0.29) is 17.1 Å². The summed E-state index contributed by atoms with van der Waals surface area (Å²) in [6.07, 6.45) is 0. The number of carbonyl (C=O) groups excluding carboxylic acids is 1. The van der Waals surface area contributed by atoms with Gasteiger partial charge in [-0.1, -0.05) is 23.4 Å². The highest BCUT2D eigenvalue weighted by atomic mass is 35.5. The zero-order valence-electron chi connectivity index (χ0n) is 14.2. The van der Waals surface area contributed by atoms with Crippen molar-refractivity contribution in [1.29, 1.82) is 0 Å². The van der Waals surface area contributed by atoms with E-state index in [4.69, 9.17) is 16.3 Å². The lowest BCUT2D eigenvalue weighted by atomic mass is 10.2. The lowest BCUT2D eigenvalue weighted by Crippen LogP contribution is -2.15. The summed E-state index contributed by atoms with van der Waals surface area (Å²) < 4.78 is 5.44. The van der Waals surface area contributed by atoms with Crippen LogP contribution < -0.4 is 10.1 Å². The third-order valence-corrected chi connectivity index (χ3v) is 4.62. The number of imidazole rings is 1. The van der Waals surface area contributed by atoms with Crippen LogP contribution in [0.4, 0.5) is 11.4 Å². The number of aromatic amines is 1. The fourth-order valence-electron chi connectivity index (χ4n) is 2.38. The van der Waals surface area contributed by atoms with Gasteiger partial charge >= 0.3 is 0 Å². The molecule has 0 spiro atoms. The molecule has 1 amide bonds. The van der Waals surface area contributed by atoms with Gasteiger partial charge < -0.3 is 15.0 Å². The maximum absolute atomic E-state index is 12.2. The molecule has 0 aliphatic heterocycles. The van der Waals surface area contributed by atoms with Gasteiger partial charge in [0.2, 0.25) is 5.91 Å². The van der Waals surface area contributed by atoms with Gasteiger partial charge in [-0.05, 0) is 31.2 Å². The van der Waals surface area contributed by atoms with Gasteiger partial charge in [-0.25, -0.2) is 4.98 Å². The van der Waals surface area contributed by atoms with Crippen LogP contribution in [0, 0.1) is 10.1 Å². The molecule has 0 saturated heterocycles. The van der Waals surface area contributed by atoms with Gasteiger partial charge in [-0.3, -0.25) is 14.9 Å². The minimum atomic E-state index is -0.575. The van der Waals surface area contributed by atoms with Crippen LogP contribution in [0.25, 0.3) is 11.0 Å². The number of halogens is 1. The molecule has 2 N–H and O–H groups in total. The molecule has 0 unspecified atom stereocenters. The first-order chi connectivity index (χ1) is 13.0. The number of aromatic nitrogens is 2. The number of nitrogens with zero attached hydrogens (tertiary/aromatic N) is 2. The minimum Gasteiger partial charge on any atom is -0.494 e. The number of H-pyrrole nitrogens is 1. The molecule has 140 valence electrons. The lowest BCUT2D eigenvalue weighted by Gasteiger charge is -2.05. The molecule has 27 heavy (non-hydrogen) atoms. The van der Waals surface area contributed by atoms with E-state index >= 15 is 0 Å². The quantitative estimate of drug-likeness (QED) is 0.344. The van der Waals surface area contributed by atoms with E-state index in [0.29, 0.717) is 16.8 Å². The van der Waals surface area contributed by atoms with Gasteiger partial charge in [0, 0.05) is 17.2 Å². The average molecular weight is 407 g/mol. The van der Waals surface area contributed by atoms with Crippen LogP contribution in [0.15, 0.2) is 41.6 Å². The smallest absolute Gasteiger partial charge is 0.292 e. The number of nitrogens with one attached hydrogen (secondary N) is 2. The Morgan fingerprint density at radius 3 is 2.93 bits per heavy atom. The Balaban J connectivity index is 1.66. The second kappa shape index (κ2) is 8.28. The van der Waals surface area contributed by atoms with E-state index < -0.39 is 10.8 Å². The molecule has 0 aliphatic rings. The first kappa shape index (κ1) is 19.0. The third kappa shape index (κ3) is 4.69. The molecule has 10 heteroatoms. The molecule has 1 heterocycles. The van der Waals surface area contributed by atoms with Crippen LogP contribution in [0.1, 0.15) is 6.92 Å². The molecule has 0 bridgehead atoms. The summed E-state index contributed by atoms with van der Waals surface area (Å²) in [5.74, 6) is 0.360. The van der Waals surface area contributed by atoms with Crippen LogP contribution in [0.5, 0.6) is 5.75 Å². The molecule has 3 aromatic rings. The molecule has 0 radical (unpaired) electrons. The summed E-state index contributed by atoms with van der Waals surface area (Å²) in [4.78, 5) is 30.2. The molecule has 3 rings (SSSR count). The van der Waals surface area contributed by atoms with Gasteiger partial charge in [0.1, 0.15) is 11.4 Å². The maximum atomic E-state index is 12.2. The molecule has 0 atom stereocenters. The number of fused-ring (bicyclic) bond motifs is 1. The van der Waals surface area contributed by atoms with Crippen molar-refractivity contribution < 1.29 is 14.5 Å². The second-order valence-electron chi connectivity index (χ2n) is 5.41. The summed E-state index contributed by atoms with van der Waals surface area (Å²) in [6.45, 7) is 2.47. The number of rotatable bonds is 7. The van der Waals surface area contributed by atoms with Crippen molar-refractivity contribution >= 4 is 51.7 Å². The minimum absolute atomic E-state index is 0.0296. The molecular weight excluding hydrogens is 392 g/mol. The molecular formula is C17H15ClN4O4S. The molecule has 0 fully saturated rings. The van der Waals surface area contributed by atoms with Crippen LogP contribution in [0.3, 0.4) is 0 Å². The van der Waals surface area contributed by atoms with E-state index in [1.165, 1.54) is 30.0 Å². The first-order valence-corrected chi connectivity index (χ1v) is 9.31. The van der Waals surface area contributed by atoms with Crippen molar-refractivity contribution in [1.82, 2.24) is 9.97 Å². The number of hydrogen-bond acceptors (Lipinski definition) is 6. The number of hydrogen-bond donors (Lipinski definition) is 2. The fourth-order valence-corrected chi connectivity index (χ4v) is 3.24. The number of benzene rings is 2. The van der Waals surface area contributed by atoms with Gasteiger partial charge in [0.25, 0.3) is 5.69 Å². The lowest BCUT2D eigenvalue weighted by molar-refractivity contribution is -0.383. The predicted molar refractivity (Wildman–Crippen MR) is 105 cm³/mol. The largest absolute Gasteiger partial charge is 0.494 e. The number of thioether (sulfide) groups is 1. The van der Waals surface area contributed by atoms with E-state index in [0.717, 1.165) is 16.8 Å². The van der Waals surface area contributed by atoms with Gasteiger partial charge in [0.05, 0.1) is 28.3 Å². The number of carbonyl (C=O) groups is 1. The Morgan fingerprint density at radius 1 is 1.37 bits per heavy atom. The van der Waals surface area contributed by atoms with Crippen LogP contribution in [-0.4, -0.2) is 33.2 Å². The summed E-state index contributed by atoms with van der Waals surface area (Å²) in [5, 5.41) is 14.4. The first-order valence-electron chi connectivity index (χ1n) is 7.95. The van der Waals surface area contributed by atoms with Crippen LogP contribution >= 0.6 is 23.4 Å². The van der Waals surface area contributed by atoms with Gasteiger partial charge in [-0.15, -0.1) is 0 Å². The number of nitro benzene ring substituents is 1. The number of nitro groups is 1. The molecule has 8 nitrogen and oxygen atoms in total. The zero-order chi connectivity index (χ0) is 19.4. The Hall–Kier alpha value is -2.78. The Labute approximate surface area is 163 Å². The topological polar surface area (TPSA) is 110 Å². The molecule has 0 aliphatic carbocycles. The number of amides is 1. The maximum Gasteiger partial charge on any atom is 0.292 e. The molecule has 2 aromatic carbocycles. The van der Waals surface area contributed by atoms with E-state index in [1.54, 1.807) is 0 Å². The van der Waals surface area contributed by atoms with Crippen molar-refractivity contribution in [3.8, 4) is 5.75 Å². The summed E-state index contributed by atoms with van der Waals surface area (Å²) in [7, 11) is 0. The average Bonchev–Trinajstić information content (AvgIpc) is 3.02. The van der Waals surface area contributed by atoms with Crippen molar-refractivity contribution in [2.45, 2.75) is 12.1 Å².